The summed E-state index contributed by atoms with van der Waals surface area (Å²) in [5.74, 6) is 0.142. The molecule has 0 spiro atoms. The van der Waals surface area contributed by atoms with E-state index in [1.54, 1.807) is 18.2 Å². The van der Waals surface area contributed by atoms with E-state index in [4.69, 9.17) is 21.1 Å². The molecular formula is C16H21ClN4O4. The van der Waals surface area contributed by atoms with Crippen molar-refractivity contribution in [3.05, 3.63) is 28.8 Å². The Morgan fingerprint density at radius 2 is 2.24 bits per heavy atom. The number of carbonyl (C=O) groups excluding carboxylic acids is 2. The highest BCUT2D eigenvalue weighted by molar-refractivity contribution is 6.32. The Labute approximate surface area is 150 Å². The first kappa shape index (κ1) is 19.0. The van der Waals surface area contributed by atoms with E-state index >= 15 is 0 Å². The van der Waals surface area contributed by atoms with Gasteiger partial charge in [0, 0.05) is 18.7 Å². The van der Waals surface area contributed by atoms with Crippen LogP contribution in [0.3, 0.4) is 0 Å². The van der Waals surface area contributed by atoms with Crippen LogP contribution in [0.2, 0.25) is 5.02 Å². The van der Waals surface area contributed by atoms with Crippen LogP contribution in [0.15, 0.2) is 23.3 Å². The SMILES string of the molecule is CCOCCNC(=O)COc1ccc(C2=NNC(=O)NC2C)cc1Cl. The maximum Gasteiger partial charge on any atom is 0.335 e. The fourth-order valence-corrected chi connectivity index (χ4v) is 2.43. The van der Waals surface area contributed by atoms with Crippen LogP contribution in [-0.4, -0.2) is 50.1 Å². The molecule has 3 N–H and O–H groups in total. The van der Waals surface area contributed by atoms with Crippen molar-refractivity contribution >= 4 is 29.3 Å². The topological polar surface area (TPSA) is 101 Å². The molecule has 1 aromatic carbocycles. The fourth-order valence-electron chi connectivity index (χ4n) is 2.20. The molecule has 0 saturated carbocycles. The number of nitrogens with one attached hydrogen (secondary N) is 3. The highest BCUT2D eigenvalue weighted by Gasteiger charge is 2.21. The molecule has 3 amide bonds. The molecule has 136 valence electrons. The van der Waals surface area contributed by atoms with E-state index < -0.39 is 0 Å². The highest BCUT2D eigenvalue weighted by atomic mass is 35.5. The van der Waals surface area contributed by atoms with Crippen LogP contribution in [-0.2, 0) is 9.53 Å². The molecule has 25 heavy (non-hydrogen) atoms. The molecule has 8 nitrogen and oxygen atoms in total. The van der Waals surface area contributed by atoms with Crippen LogP contribution in [0, 0.1) is 0 Å². The van der Waals surface area contributed by atoms with Gasteiger partial charge in [-0.3, -0.25) is 4.79 Å². The van der Waals surface area contributed by atoms with Gasteiger partial charge in [-0.1, -0.05) is 11.6 Å². The second-order valence-electron chi connectivity index (χ2n) is 5.28. The Balaban J connectivity index is 1.91. The molecule has 9 heteroatoms. The molecule has 0 saturated heterocycles. The number of ether oxygens (including phenoxy) is 2. The molecule has 0 aromatic heterocycles. The molecular weight excluding hydrogens is 348 g/mol. The maximum absolute atomic E-state index is 11.7. The Kier molecular flexibility index (Phi) is 7.03. The summed E-state index contributed by atoms with van der Waals surface area (Å²) in [4.78, 5) is 22.9. The minimum absolute atomic E-state index is 0.139. The van der Waals surface area contributed by atoms with Crippen LogP contribution in [0.5, 0.6) is 5.75 Å². The highest BCUT2D eigenvalue weighted by Crippen LogP contribution is 2.26. The molecule has 1 atom stereocenters. The first-order valence-corrected chi connectivity index (χ1v) is 8.30. The molecule has 0 aliphatic carbocycles. The number of benzene rings is 1. The van der Waals surface area contributed by atoms with Gasteiger partial charge in [0.25, 0.3) is 5.91 Å². The quantitative estimate of drug-likeness (QED) is 0.601. The number of hydrogen-bond donors (Lipinski definition) is 3. The molecule has 2 rings (SSSR count). The van der Waals surface area contributed by atoms with Crippen molar-refractivity contribution in [2.24, 2.45) is 5.10 Å². The largest absolute Gasteiger partial charge is 0.482 e. The lowest BCUT2D eigenvalue weighted by Gasteiger charge is -2.21. The summed E-state index contributed by atoms with van der Waals surface area (Å²) in [5, 5.41) is 9.78. The van der Waals surface area contributed by atoms with Crippen molar-refractivity contribution in [1.29, 1.82) is 0 Å². The van der Waals surface area contributed by atoms with Crippen molar-refractivity contribution in [1.82, 2.24) is 16.1 Å². The first-order chi connectivity index (χ1) is 12.0. The number of carbonyl (C=O) groups is 2. The van der Waals surface area contributed by atoms with Crippen LogP contribution >= 0.6 is 11.6 Å². The van der Waals surface area contributed by atoms with E-state index in [2.05, 4.69) is 21.2 Å². The van der Waals surface area contributed by atoms with E-state index in [0.29, 0.717) is 36.2 Å². The monoisotopic (exact) mass is 368 g/mol. The predicted molar refractivity (Wildman–Crippen MR) is 94.1 cm³/mol. The first-order valence-electron chi connectivity index (χ1n) is 7.92. The zero-order valence-electron chi connectivity index (χ0n) is 14.1. The standard InChI is InChI=1S/C16H21ClN4O4/c1-3-24-7-6-18-14(22)9-25-13-5-4-11(8-12(13)17)15-10(2)19-16(23)21-20-15/h4-5,8,10H,3,6-7,9H2,1-2H3,(H,18,22)(H2,19,21,23). The van der Waals surface area contributed by atoms with Crippen molar-refractivity contribution in [2.45, 2.75) is 19.9 Å². The zero-order chi connectivity index (χ0) is 18.2. The zero-order valence-corrected chi connectivity index (χ0v) is 14.9. The molecule has 0 radical (unpaired) electrons. The second-order valence-corrected chi connectivity index (χ2v) is 5.69. The van der Waals surface area contributed by atoms with Gasteiger partial charge in [-0.25, -0.2) is 10.2 Å². The van der Waals surface area contributed by atoms with Crippen molar-refractivity contribution in [3.8, 4) is 5.75 Å². The summed E-state index contributed by atoms with van der Waals surface area (Å²) < 4.78 is 10.6. The molecule has 1 aromatic rings. The molecule has 0 fully saturated rings. The Morgan fingerprint density at radius 1 is 1.44 bits per heavy atom. The van der Waals surface area contributed by atoms with Crippen molar-refractivity contribution in [3.63, 3.8) is 0 Å². The Bertz CT molecular complexity index is 666. The number of rotatable bonds is 8. The molecule has 1 unspecified atom stereocenters. The van der Waals surface area contributed by atoms with Gasteiger partial charge in [0.2, 0.25) is 0 Å². The number of amides is 3. The summed E-state index contributed by atoms with van der Waals surface area (Å²) in [7, 11) is 0. The van der Waals surface area contributed by atoms with Crippen LogP contribution < -0.4 is 20.8 Å². The number of hydrazone groups is 1. The van der Waals surface area contributed by atoms with Crippen LogP contribution in [0.25, 0.3) is 0 Å². The average molecular weight is 369 g/mol. The van der Waals surface area contributed by atoms with E-state index in [1.807, 2.05) is 13.8 Å². The van der Waals surface area contributed by atoms with Gasteiger partial charge < -0.3 is 20.1 Å². The third-order valence-corrected chi connectivity index (χ3v) is 3.69. The lowest BCUT2D eigenvalue weighted by Crippen LogP contribution is -2.48. The van der Waals surface area contributed by atoms with Crippen molar-refractivity contribution in [2.75, 3.05) is 26.4 Å². The van der Waals surface area contributed by atoms with E-state index in [9.17, 15) is 9.59 Å². The predicted octanol–water partition coefficient (Wildman–Crippen LogP) is 1.28. The maximum atomic E-state index is 11.7. The minimum Gasteiger partial charge on any atom is -0.482 e. The molecule has 1 heterocycles. The van der Waals surface area contributed by atoms with Gasteiger partial charge in [-0.05, 0) is 32.0 Å². The summed E-state index contributed by atoms with van der Waals surface area (Å²) in [6.45, 7) is 5.07. The lowest BCUT2D eigenvalue weighted by molar-refractivity contribution is -0.123. The summed E-state index contributed by atoms with van der Waals surface area (Å²) >= 11 is 6.21. The summed E-state index contributed by atoms with van der Waals surface area (Å²) in [6.07, 6.45) is 0. The average Bonchev–Trinajstić information content (AvgIpc) is 2.57. The summed E-state index contributed by atoms with van der Waals surface area (Å²) in [5.41, 5.74) is 3.77. The third kappa shape index (κ3) is 5.61. The van der Waals surface area contributed by atoms with Crippen LogP contribution in [0.1, 0.15) is 19.4 Å². The van der Waals surface area contributed by atoms with E-state index in [0.717, 1.165) is 5.56 Å². The van der Waals surface area contributed by atoms with Gasteiger partial charge in [-0.2, -0.15) is 5.10 Å². The van der Waals surface area contributed by atoms with Gasteiger partial charge >= 0.3 is 6.03 Å². The number of nitrogens with zero attached hydrogens (tertiary/aromatic N) is 1. The molecule has 1 aliphatic heterocycles. The fraction of sp³-hybridized carbons (Fsp3) is 0.438. The van der Waals surface area contributed by atoms with Gasteiger partial charge in [0.15, 0.2) is 6.61 Å². The number of urea groups is 1. The molecule has 1 aliphatic rings. The van der Waals surface area contributed by atoms with Crippen LogP contribution in [0.4, 0.5) is 4.79 Å². The van der Waals surface area contributed by atoms with Crippen molar-refractivity contribution < 1.29 is 19.1 Å². The summed E-state index contributed by atoms with van der Waals surface area (Å²) in [6, 6.07) is 4.52. The van der Waals surface area contributed by atoms with Gasteiger partial charge in [-0.15, -0.1) is 0 Å². The van der Waals surface area contributed by atoms with Gasteiger partial charge in [0.05, 0.1) is 23.4 Å². The smallest absolute Gasteiger partial charge is 0.335 e. The van der Waals surface area contributed by atoms with E-state index in [1.165, 1.54) is 0 Å². The number of hydrogen-bond acceptors (Lipinski definition) is 5. The lowest BCUT2D eigenvalue weighted by atomic mass is 10.0. The minimum atomic E-state index is -0.349. The Hall–Kier alpha value is -2.32. The van der Waals surface area contributed by atoms with Gasteiger partial charge in [0.1, 0.15) is 5.75 Å². The molecule has 0 bridgehead atoms. The van der Waals surface area contributed by atoms with E-state index in [-0.39, 0.29) is 24.6 Å². The second kappa shape index (κ2) is 9.24. The number of halogens is 1. The third-order valence-electron chi connectivity index (χ3n) is 3.39. The Morgan fingerprint density at radius 3 is 2.92 bits per heavy atom. The normalized spacial score (nSPS) is 16.5.